The molecular formula is C18H19ClN2O5S. The van der Waals surface area contributed by atoms with Crippen LogP contribution in [-0.4, -0.2) is 33.2 Å². The molecule has 0 saturated carbocycles. The number of esters is 1. The summed E-state index contributed by atoms with van der Waals surface area (Å²) in [4.78, 5) is 24.3. The molecule has 27 heavy (non-hydrogen) atoms. The number of anilines is 2. The molecule has 0 aliphatic carbocycles. The van der Waals surface area contributed by atoms with Crippen molar-refractivity contribution in [2.45, 2.75) is 13.8 Å². The van der Waals surface area contributed by atoms with E-state index >= 15 is 0 Å². The smallest absolute Gasteiger partial charge is 0.338 e. The second-order valence-electron chi connectivity index (χ2n) is 5.77. The third-order valence-electron chi connectivity index (χ3n) is 3.50. The van der Waals surface area contributed by atoms with Crippen molar-refractivity contribution < 1.29 is 22.7 Å². The quantitative estimate of drug-likeness (QED) is 0.710. The Labute approximate surface area is 162 Å². The molecule has 0 bridgehead atoms. The predicted octanol–water partition coefficient (Wildman–Crippen LogP) is 3.45. The van der Waals surface area contributed by atoms with Crippen LogP contribution in [-0.2, 0) is 14.8 Å². The van der Waals surface area contributed by atoms with E-state index in [1.165, 1.54) is 18.2 Å². The molecular weight excluding hydrogens is 392 g/mol. The summed E-state index contributed by atoms with van der Waals surface area (Å²) in [5.74, 6) is -0.954. The number of hydrogen-bond acceptors (Lipinski definition) is 5. The number of nitrogens with one attached hydrogen (secondary N) is 2. The molecule has 0 aromatic heterocycles. The Kier molecular flexibility index (Phi) is 6.45. The summed E-state index contributed by atoms with van der Waals surface area (Å²) in [7, 11) is -3.48. The second-order valence-corrected chi connectivity index (χ2v) is 7.93. The van der Waals surface area contributed by atoms with Crippen molar-refractivity contribution >= 4 is 44.9 Å². The topological polar surface area (TPSA) is 102 Å². The molecule has 0 radical (unpaired) electrons. The average molecular weight is 411 g/mol. The lowest BCUT2D eigenvalue weighted by atomic mass is 10.1. The van der Waals surface area contributed by atoms with Crippen LogP contribution in [0.2, 0.25) is 5.02 Å². The molecule has 0 spiro atoms. The van der Waals surface area contributed by atoms with Gasteiger partial charge in [0, 0.05) is 11.4 Å². The van der Waals surface area contributed by atoms with Crippen LogP contribution in [0.25, 0.3) is 0 Å². The molecule has 144 valence electrons. The molecule has 0 atom stereocenters. The largest absolute Gasteiger partial charge is 0.462 e. The van der Waals surface area contributed by atoms with Gasteiger partial charge in [-0.3, -0.25) is 9.52 Å². The summed E-state index contributed by atoms with van der Waals surface area (Å²) in [6, 6.07) is 8.98. The van der Waals surface area contributed by atoms with Gasteiger partial charge in [-0.25, -0.2) is 13.2 Å². The third kappa shape index (κ3) is 5.70. The first-order chi connectivity index (χ1) is 12.6. The van der Waals surface area contributed by atoms with Crippen molar-refractivity contribution in [3.8, 4) is 0 Å². The van der Waals surface area contributed by atoms with Crippen molar-refractivity contribution in [3.05, 3.63) is 58.1 Å². The highest BCUT2D eigenvalue weighted by molar-refractivity contribution is 7.92. The van der Waals surface area contributed by atoms with Gasteiger partial charge in [0.15, 0.2) is 0 Å². The number of ether oxygens (including phenoxy) is 1. The number of benzene rings is 2. The maximum absolute atomic E-state index is 12.6. The van der Waals surface area contributed by atoms with Gasteiger partial charge in [0.05, 0.1) is 29.0 Å². The normalized spacial score (nSPS) is 11.0. The van der Waals surface area contributed by atoms with E-state index in [2.05, 4.69) is 10.0 Å². The zero-order valence-corrected chi connectivity index (χ0v) is 16.6. The molecule has 2 aromatic carbocycles. The van der Waals surface area contributed by atoms with Crippen LogP contribution in [0, 0.1) is 6.92 Å². The Balaban J connectivity index is 2.24. The highest BCUT2D eigenvalue weighted by Crippen LogP contribution is 2.24. The van der Waals surface area contributed by atoms with Crippen LogP contribution >= 0.6 is 11.6 Å². The van der Waals surface area contributed by atoms with Gasteiger partial charge in [0.2, 0.25) is 10.0 Å². The number of carbonyl (C=O) groups is 2. The minimum absolute atomic E-state index is 0.110. The van der Waals surface area contributed by atoms with Gasteiger partial charge in [0.1, 0.15) is 0 Å². The van der Waals surface area contributed by atoms with Crippen LogP contribution in [0.4, 0.5) is 11.4 Å². The maximum atomic E-state index is 12.6. The molecule has 7 nitrogen and oxygen atoms in total. The highest BCUT2D eigenvalue weighted by atomic mass is 35.5. The number of carbonyl (C=O) groups excluding carboxylic acids is 2. The van der Waals surface area contributed by atoms with Crippen LogP contribution in [0.3, 0.4) is 0 Å². The number of rotatable bonds is 6. The molecule has 0 fully saturated rings. The molecule has 9 heteroatoms. The second kappa shape index (κ2) is 8.41. The summed E-state index contributed by atoms with van der Waals surface area (Å²) in [5, 5.41) is 2.88. The van der Waals surface area contributed by atoms with Crippen molar-refractivity contribution in [3.63, 3.8) is 0 Å². The number of halogens is 1. The van der Waals surface area contributed by atoms with Crippen molar-refractivity contribution in [2.24, 2.45) is 0 Å². The van der Waals surface area contributed by atoms with Gasteiger partial charge in [-0.05, 0) is 55.8 Å². The lowest BCUT2D eigenvalue weighted by Gasteiger charge is -2.12. The van der Waals surface area contributed by atoms with Gasteiger partial charge < -0.3 is 10.1 Å². The fourth-order valence-electron chi connectivity index (χ4n) is 2.31. The SMILES string of the molecule is CCOC(=O)c1ccc(NC(=O)c2cc(NS(C)(=O)=O)ccc2Cl)c(C)c1. The first kappa shape index (κ1) is 20.7. The van der Waals surface area contributed by atoms with E-state index in [1.54, 1.807) is 32.0 Å². The molecule has 0 aliphatic rings. The average Bonchev–Trinajstić information content (AvgIpc) is 2.57. The van der Waals surface area contributed by atoms with Gasteiger partial charge in [-0.15, -0.1) is 0 Å². The summed E-state index contributed by atoms with van der Waals surface area (Å²) < 4.78 is 29.9. The Morgan fingerprint density at radius 3 is 2.44 bits per heavy atom. The fraction of sp³-hybridized carbons (Fsp3) is 0.222. The number of aryl methyl sites for hydroxylation is 1. The highest BCUT2D eigenvalue weighted by Gasteiger charge is 2.15. The Hall–Kier alpha value is -2.58. The lowest BCUT2D eigenvalue weighted by molar-refractivity contribution is 0.0526. The van der Waals surface area contributed by atoms with E-state index in [1.807, 2.05) is 0 Å². The van der Waals surface area contributed by atoms with Crippen LogP contribution < -0.4 is 10.0 Å². The standard InChI is InChI=1S/C18H19ClN2O5S/c1-4-26-18(23)12-5-8-16(11(2)9-12)20-17(22)14-10-13(6-7-15(14)19)21-27(3,24)25/h5-10,21H,4H2,1-3H3,(H,20,22). The van der Waals surface area contributed by atoms with Gasteiger partial charge in [-0.2, -0.15) is 0 Å². The molecule has 2 aromatic rings. The molecule has 0 unspecified atom stereocenters. The monoisotopic (exact) mass is 410 g/mol. The minimum atomic E-state index is -3.48. The van der Waals surface area contributed by atoms with E-state index in [0.717, 1.165) is 6.26 Å². The van der Waals surface area contributed by atoms with E-state index in [0.29, 0.717) is 16.8 Å². The number of sulfonamides is 1. The van der Waals surface area contributed by atoms with Crippen molar-refractivity contribution in [1.82, 2.24) is 0 Å². The van der Waals surface area contributed by atoms with Gasteiger partial charge >= 0.3 is 5.97 Å². The number of amides is 1. The fourth-order valence-corrected chi connectivity index (χ4v) is 3.07. The van der Waals surface area contributed by atoms with Crippen LogP contribution in [0.15, 0.2) is 36.4 Å². The van der Waals surface area contributed by atoms with Crippen molar-refractivity contribution in [2.75, 3.05) is 22.9 Å². The summed E-state index contributed by atoms with van der Waals surface area (Å²) in [6.07, 6.45) is 1.01. The van der Waals surface area contributed by atoms with E-state index in [4.69, 9.17) is 16.3 Å². The third-order valence-corrected chi connectivity index (χ3v) is 4.44. The van der Waals surface area contributed by atoms with E-state index in [-0.39, 0.29) is 22.9 Å². The van der Waals surface area contributed by atoms with Crippen LogP contribution in [0.1, 0.15) is 33.2 Å². The van der Waals surface area contributed by atoms with Crippen LogP contribution in [0.5, 0.6) is 0 Å². The zero-order chi connectivity index (χ0) is 20.2. The predicted molar refractivity (Wildman–Crippen MR) is 105 cm³/mol. The summed E-state index contributed by atoms with van der Waals surface area (Å²) >= 11 is 6.07. The first-order valence-electron chi connectivity index (χ1n) is 7.97. The van der Waals surface area contributed by atoms with Gasteiger partial charge in [-0.1, -0.05) is 11.6 Å². The van der Waals surface area contributed by atoms with Gasteiger partial charge in [0.25, 0.3) is 5.91 Å². The molecule has 2 rings (SSSR count). The molecule has 1 amide bonds. The molecule has 0 saturated heterocycles. The maximum Gasteiger partial charge on any atom is 0.338 e. The molecule has 0 heterocycles. The Bertz CT molecular complexity index is 989. The van der Waals surface area contributed by atoms with Crippen molar-refractivity contribution in [1.29, 1.82) is 0 Å². The zero-order valence-electron chi connectivity index (χ0n) is 15.0. The Morgan fingerprint density at radius 2 is 1.85 bits per heavy atom. The minimum Gasteiger partial charge on any atom is -0.462 e. The lowest BCUT2D eigenvalue weighted by Crippen LogP contribution is -2.15. The Morgan fingerprint density at radius 1 is 1.15 bits per heavy atom. The number of hydrogen-bond donors (Lipinski definition) is 2. The van der Waals surface area contributed by atoms with E-state index in [9.17, 15) is 18.0 Å². The molecule has 2 N–H and O–H groups in total. The summed E-state index contributed by atoms with van der Waals surface area (Å²) in [5.41, 5.74) is 1.87. The van der Waals surface area contributed by atoms with E-state index < -0.39 is 21.9 Å². The molecule has 0 aliphatic heterocycles. The first-order valence-corrected chi connectivity index (χ1v) is 10.2. The summed E-state index contributed by atoms with van der Waals surface area (Å²) in [6.45, 7) is 3.73.